The zero-order valence-electron chi connectivity index (χ0n) is 44.1. The fourth-order valence-electron chi connectivity index (χ4n) is 8.38. The van der Waals surface area contributed by atoms with E-state index >= 15 is 0 Å². The van der Waals surface area contributed by atoms with Crippen LogP contribution in [0.15, 0.2) is 60.8 Å². The van der Waals surface area contributed by atoms with Gasteiger partial charge in [-0.2, -0.15) is 0 Å². The molecule has 2 aliphatic rings. The number of unbranched alkanes of at least 4 members (excludes halogenated alkanes) is 19. The highest BCUT2D eigenvalue weighted by Gasteiger charge is 2.47. The van der Waals surface area contributed by atoms with Gasteiger partial charge >= 0.3 is 11.9 Å². The third-order valence-electron chi connectivity index (χ3n) is 13.0. The Kier molecular flexibility index (Phi) is 39.4. The number of ether oxygens (including phenoxy) is 6. The molecule has 4 unspecified atom stereocenters. The van der Waals surface area contributed by atoms with Gasteiger partial charge in [0.15, 0.2) is 18.7 Å². The van der Waals surface area contributed by atoms with Crippen LogP contribution in [-0.4, -0.2) is 142 Å². The number of aliphatic hydroxyl groups excluding tert-OH is 7. The van der Waals surface area contributed by atoms with Crippen LogP contribution in [0, 0.1) is 0 Å². The van der Waals surface area contributed by atoms with E-state index in [4.69, 9.17) is 28.4 Å². The molecule has 7 N–H and O–H groups in total. The van der Waals surface area contributed by atoms with E-state index in [1.165, 1.54) is 103 Å². The van der Waals surface area contributed by atoms with Crippen LogP contribution in [0.1, 0.15) is 194 Å². The van der Waals surface area contributed by atoms with E-state index in [0.717, 1.165) is 44.9 Å². The highest BCUT2D eigenvalue weighted by Crippen LogP contribution is 2.26. The Morgan fingerprint density at radius 3 is 1.39 bits per heavy atom. The molecule has 2 aliphatic heterocycles. The average molecular weight is 1020 g/mol. The first-order valence-corrected chi connectivity index (χ1v) is 27.9. The number of hydrogen-bond acceptors (Lipinski definition) is 15. The van der Waals surface area contributed by atoms with Gasteiger partial charge < -0.3 is 64.2 Å². The second-order valence-electron chi connectivity index (χ2n) is 19.4. The van der Waals surface area contributed by atoms with Crippen molar-refractivity contribution >= 4 is 11.9 Å². The number of allylic oxidation sites excluding steroid dienone is 10. The first-order valence-electron chi connectivity index (χ1n) is 27.9. The fourth-order valence-corrected chi connectivity index (χ4v) is 8.38. The summed E-state index contributed by atoms with van der Waals surface area (Å²) in [5, 5.41) is 72.2. The van der Waals surface area contributed by atoms with Crippen molar-refractivity contribution < 1.29 is 73.8 Å². The Hall–Kier alpha value is -2.80. The molecule has 0 amide bonds. The van der Waals surface area contributed by atoms with Gasteiger partial charge in [-0.05, 0) is 77.0 Å². The molecule has 0 saturated carbocycles. The largest absolute Gasteiger partial charge is 0.462 e. The topological polar surface area (TPSA) is 231 Å². The van der Waals surface area contributed by atoms with Gasteiger partial charge in [0, 0.05) is 12.8 Å². The highest BCUT2D eigenvalue weighted by atomic mass is 16.7. The number of esters is 2. The second-order valence-corrected chi connectivity index (χ2v) is 19.4. The van der Waals surface area contributed by atoms with Crippen LogP contribution in [0.2, 0.25) is 0 Å². The third kappa shape index (κ3) is 30.5. The van der Waals surface area contributed by atoms with Crippen molar-refractivity contribution in [3.8, 4) is 0 Å². The van der Waals surface area contributed by atoms with Crippen LogP contribution in [0.3, 0.4) is 0 Å². The molecule has 15 heteroatoms. The monoisotopic (exact) mass is 1020 g/mol. The molecule has 0 aromatic carbocycles. The standard InChI is InChI=1S/C57H98O15/c1-3-5-7-9-11-13-15-17-19-21-22-24-25-27-29-31-33-35-37-39-48(59)67-42-45(70-49(60)40-38-36-34-32-30-28-26-23-20-18-16-14-12-10-8-6-4-2)43-68-56-55(66)53(64)51(62)47(72-56)44-69-57-54(65)52(63)50(61)46(41-58)71-57/h12,14,17-20,26,28,32,34,45-47,50-58,61-66H,3-11,13,15-16,21-25,27,29-31,33,35-44H2,1-2H3/b14-12+,19-17+,20-18+,28-26+,34-32+/t45-,46+,47+,50-,51-,52?,53?,54?,55?,56+,57+/m0/s1. The molecule has 416 valence electrons. The molecule has 11 atom stereocenters. The maximum Gasteiger partial charge on any atom is 0.306 e. The van der Waals surface area contributed by atoms with Crippen molar-refractivity contribution in [2.75, 3.05) is 26.4 Å². The summed E-state index contributed by atoms with van der Waals surface area (Å²) in [5.74, 6) is -0.993. The molecular formula is C57H98O15. The van der Waals surface area contributed by atoms with Crippen LogP contribution < -0.4 is 0 Å². The molecule has 0 bridgehead atoms. The molecule has 2 fully saturated rings. The summed E-state index contributed by atoms with van der Waals surface area (Å²) < 4.78 is 33.6. The maximum atomic E-state index is 13.0. The highest BCUT2D eigenvalue weighted by molar-refractivity contribution is 5.70. The first kappa shape index (κ1) is 65.3. The lowest BCUT2D eigenvalue weighted by Gasteiger charge is -2.42. The number of aliphatic hydroxyl groups is 7. The minimum absolute atomic E-state index is 0.0873. The zero-order valence-corrected chi connectivity index (χ0v) is 44.1. The van der Waals surface area contributed by atoms with Crippen LogP contribution in [0.5, 0.6) is 0 Å². The molecule has 0 aromatic rings. The van der Waals surface area contributed by atoms with Gasteiger partial charge in [0.25, 0.3) is 0 Å². The summed E-state index contributed by atoms with van der Waals surface area (Å²) in [6, 6.07) is 0. The van der Waals surface area contributed by atoms with Gasteiger partial charge in [0.05, 0.1) is 19.8 Å². The molecule has 72 heavy (non-hydrogen) atoms. The van der Waals surface area contributed by atoms with Crippen molar-refractivity contribution in [1.29, 1.82) is 0 Å². The third-order valence-corrected chi connectivity index (χ3v) is 13.0. The van der Waals surface area contributed by atoms with Crippen molar-refractivity contribution in [1.82, 2.24) is 0 Å². The molecular weight excluding hydrogens is 925 g/mol. The van der Waals surface area contributed by atoms with Gasteiger partial charge in [0.1, 0.15) is 55.4 Å². The number of hydrogen-bond donors (Lipinski definition) is 7. The average Bonchev–Trinajstić information content (AvgIpc) is 3.37. The van der Waals surface area contributed by atoms with E-state index in [0.29, 0.717) is 19.3 Å². The second kappa shape index (κ2) is 43.4. The summed E-state index contributed by atoms with van der Waals surface area (Å²) in [5.41, 5.74) is 0. The smallest absolute Gasteiger partial charge is 0.306 e. The minimum Gasteiger partial charge on any atom is -0.462 e. The summed E-state index contributed by atoms with van der Waals surface area (Å²) in [6.45, 7) is 2.51. The van der Waals surface area contributed by atoms with Crippen molar-refractivity contribution in [3.05, 3.63) is 60.8 Å². The molecule has 2 heterocycles. The Morgan fingerprint density at radius 1 is 0.444 bits per heavy atom. The van der Waals surface area contributed by atoms with Crippen LogP contribution in [0.4, 0.5) is 0 Å². The number of carbonyl (C=O) groups is 2. The van der Waals surface area contributed by atoms with E-state index < -0.39 is 99.3 Å². The van der Waals surface area contributed by atoms with E-state index in [9.17, 15) is 45.3 Å². The van der Waals surface area contributed by atoms with Gasteiger partial charge in [-0.1, -0.05) is 164 Å². The predicted octanol–water partition coefficient (Wildman–Crippen LogP) is 8.83. The van der Waals surface area contributed by atoms with E-state index in [1.807, 2.05) is 12.2 Å². The van der Waals surface area contributed by atoms with Gasteiger partial charge in [0.2, 0.25) is 0 Å². The van der Waals surface area contributed by atoms with Crippen molar-refractivity contribution in [2.45, 2.75) is 261 Å². The van der Waals surface area contributed by atoms with Crippen molar-refractivity contribution in [3.63, 3.8) is 0 Å². The maximum absolute atomic E-state index is 13.0. The summed E-state index contributed by atoms with van der Waals surface area (Å²) in [6.07, 6.45) is 33.9. The molecule has 0 spiro atoms. The minimum atomic E-state index is -1.78. The molecule has 15 nitrogen and oxygen atoms in total. The Balaban J connectivity index is 1.80. The molecule has 0 radical (unpaired) electrons. The zero-order chi connectivity index (χ0) is 52.4. The Morgan fingerprint density at radius 2 is 0.847 bits per heavy atom. The van der Waals surface area contributed by atoms with Crippen LogP contribution in [-0.2, 0) is 38.0 Å². The molecule has 0 aliphatic carbocycles. The fraction of sp³-hybridized carbons (Fsp3) is 0.789. The van der Waals surface area contributed by atoms with Gasteiger partial charge in [-0.25, -0.2) is 0 Å². The van der Waals surface area contributed by atoms with Gasteiger partial charge in [-0.3, -0.25) is 9.59 Å². The predicted molar refractivity (Wildman–Crippen MR) is 280 cm³/mol. The molecule has 0 aromatic heterocycles. The van der Waals surface area contributed by atoms with Crippen molar-refractivity contribution in [2.24, 2.45) is 0 Å². The Bertz CT molecular complexity index is 1480. The lowest BCUT2D eigenvalue weighted by Crippen LogP contribution is -2.61. The molecule has 2 rings (SSSR count). The van der Waals surface area contributed by atoms with Crippen LogP contribution >= 0.6 is 0 Å². The number of rotatable bonds is 43. The lowest BCUT2D eigenvalue weighted by atomic mass is 9.98. The summed E-state index contributed by atoms with van der Waals surface area (Å²) in [7, 11) is 0. The van der Waals surface area contributed by atoms with Crippen LogP contribution in [0.25, 0.3) is 0 Å². The quantitative estimate of drug-likeness (QED) is 0.0172. The summed E-state index contributed by atoms with van der Waals surface area (Å²) in [4.78, 5) is 25.8. The Labute approximate surface area is 432 Å². The van der Waals surface area contributed by atoms with E-state index in [2.05, 4.69) is 62.5 Å². The molecule has 2 saturated heterocycles. The normalized spacial score (nSPS) is 25.5. The van der Waals surface area contributed by atoms with E-state index in [1.54, 1.807) is 0 Å². The van der Waals surface area contributed by atoms with E-state index in [-0.39, 0.29) is 19.4 Å². The summed E-state index contributed by atoms with van der Waals surface area (Å²) >= 11 is 0. The lowest BCUT2D eigenvalue weighted by molar-refractivity contribution is -0.332. The van der Waals surface area contributed by atoms with Gasteiger partial charge in [-0.15, -0.1) is 0 Å². The number of carbonyl (C=O) groups excluding carboxylic acids is 2. The first-order chi connectivity index (χ1) is 35.0. The SMILES string of the molecule is CCCCC/C=C/C/C=C/C/C=C/C/C=C/CCCC(=O)O[C@@H](COC(=O)CCCCCCCCCCC/C=C/CCCCCCCC)CO[C@@H]1O[C@H](CO[C@@H]2O[C@H](CO)[C@H](O)C(O)C2O)[C@H](O)C(O)C1O.